The van der Waals surface area contributed by atoms with Crippen molar-refractivity contribution in [2.24, 2.45) is 0 Å². The molecule has 3 rings (SSSR count). The lowest BCUT2D eigenvalue weighted by molar-refractivity contribution is -0.122. The van der Waals surface area contributed by atoms with Crippen molar-refractivity contribution in [3.8, 4) is 11.5 Å². The second-order valence-electron chi connectivity index (χ2n) is 5.22. The lowest BCUT2D eigenvalue weighted by atomic mass is 10.0. The van der Waals surface area contributed by atoms with E-state index in [0.29, 0.717) is 5.75 Å². The van der Waals surface area contributed by atoms with E-state index < -0.39 is 6.10 Å². The molecule has 3 aromatic carbocycles. The Hall–Kier alpha value is -2.55. The van der Waals surface area contributed by atoms with Crippen molar-refractivity contribution < 1.29 is 14.6 Å². The van der Waals surface area contributed by atoms with Gasteiger partial charge in [-0.05, 0) is 59.7 Å². The Bertz CT molecular complexity index is 836. The second-order valence-corrected chi connectivity index (χ2v) is 5.22. The molecular weight excluding hydrogens is 264 g/mol. The maximum absolute atomic E-state index is 11.3. The van der Waals surface area contributed by atoms with Crippen LogP contribution in [0.4, 0.5) is 0 Å². The Balaban J connectivity index is 2.09. The van der Waals surface area contributed by atoms with Gasteiger partial charge in [-0.1, -0.05) is 24.3 Å². The first-order chi connectivity index (χ1) is 10.0. The number of carbonyl (C=O) groups is 1. The summed E-state index contributed by atoms with van der Waals surface area (Å²) in [5, 5.41) is 13.8. The van der Waals surface area contributed by atoms with Crippen molar-refractivity contribution in [3.05, 3.63) is 48.5 Å². The zero-order valence-corrected chi connectivity index (χ0v) is 12.0. The molecule has 0 fully saturated rings. The third-order valence-electron chi connectivity index (χ3n) is 3.68. The molecule has 106 valence electrons. The standard InChI is InChI=1S/C18H16O3/c1-11(19)12(2)21-16-6-8-18-14(10-16)4-3-13-9-15(20)5-7-17(13)18/h3-10,12,20H,1-2H3. The topological polar surface area (TPSA) is 46.5 Å². The van der Waals surface area contributed by atoms with E-state index in [1.54, 1.807) is 19.1 Å². The van der Waals surface area contributed by atoms with Crippen LogP contribution < -0.4 is 4.74 Å². The Morgan fingerprint density at radius 3 is 2.29 bits per heavy atom. The predicted octanol–water partition coefficient (Wildman–Crippen LogP) is 4.05. The minimum Gasteiger partial charge on any atom is -0.508 e. The molecule has 0 radical (unpaired) electrons. The van der Waals surface area contributed by atoms with Gasteiger partial charge in [0.1, 0.15) is 11.5 Å². The lowest BCUT2D eigenvalue weighted by Gasteiger charge is -2.12. The van der Waals surface area contributed by atoms with Crippen molar-refractivity contribution in [1.82, 2.24) is 0 Å². The molecule has 0 bridgehead atoms. The second kappa shape index (κ2) is 5.09. The highest BCUT2D eigenvalue weighted by molar-refractivity contribution is 6.08. The highest BCUT2D eigenvalue weighted by Gasteiger charge is 2.10. The van der Waals surface area contributed by atoms with Crippen LogP contribution >= 0.6 is 0 Å². The summed E-state index contributed by atoms with van der Waals surface area (Å²) < 4.78 is 5.63. The first kappa shape index (κ1) is 13.4. The van der Waals surface area contributed by atoms with E-state index in [-0.39, 0.29) is 11.5 Å². The molecule has 1 N–H and O–H groups in total. The number of phenolic OH excluding ortho intramolecular Hbond substituents is 1. The summed E-state index contributed by atoms with van der Waals surface area (Å²) in [6, 6.07) is 15.1. The molecule has 3 nitrogen and oxygen atoms in total. The zero-order chi connectivity index (χ0) is 15.0. The van der Waals surface area contributed by atoms with Crippen LogP contribution in [-0.2, 0) is 4.79 Å². The fraction of sp³-hybridized carbons (Fsp3) is 0.167. The van der Waals surface area contributed by atoms with E-state index in [2.05, 4.69) is 0 Å². The quantitative estimate of drug-likeness (QED) is 0.736. The number of ketones is 1. The fourth-order valence-electron chi connectivity index (χ4n) is 2.40. The van der Waals surface area contributed by atoms with Gasteiger partial charge in [-0.2, -0.15) is 0 Å². The van der Waals surface area contributed by atoms with Crippen LogP contribution in [0.15, 0.2) is 48.5 Å². The van der Waals surface area contributed by atoms with Gasteiger partial charge in [0.15, 0.2) is 11.9 Å². The van der Waals surface area contributed by atoms with Crippen molar-refractivity contribution in [2.45, 2.75) is 20.0 Å². The average Bonchev–Trinajstić information content (AvgIpc) is 2.46. The summed E-state index contributed by atoms with van der Waals surface area (Å²) in [6.07, 6.45) is -0.445. The van der Waals surface area contributed by atoms with Crippen LogP contribution in [0.3, 0.4) is 0 Å². The number of rotatable bonds is 3. The Kier molecular flexibility index (Phi) is 3.26. The molecule has 21 heavy (non-hydrogen) atoms. The lowest BCUT2D eigenvalue weighted by Crippen LogP contribution is -2.20. The first-order valence-electron chi connectivity index (χ1n) is 6.87. The number of ether oxygens (including phenoxy) is 1. The largest absolute Gasteiger partial charge is 0.508 e. The Morgan fingerprint density at radius 2 is 1.62 bits per heavy atom. The van der Waals surface area contributed by atoms with Gasteiger partial charge in [-0.25, -0.2) is 0 Å². The number of benzene rings is 3. The molecule has 0 spiro atoms. The van der Waals surface area contributed by atoms with Gasteiger partial charge in [-0.3, -0.25) is 4.79 Å². The molecule has 1 atom stereocenters. The summed E-state index contributed by atoms with van der Waals surface area (Å²) in [4.78, 5) is 11.3. The number of aromatic hydroxyl groups is 1. The van der Waals surface area contributed by atoms with Gasteiger partial charge in [0.25, 0.3) is 0 Å². The zero-order valence-electron chi connectivity index (χ0n) is 12.0. The van der Waals surface area contributed by atoms with Crippen molar-refractivity contribution >= 4 is 27.3 Å². The Labute approximate surface area is 122 Å². The minimum atomic E-state index is -0.445. The molecule has 1 unspecified atom stereocenters. The monoisotopic (exact) mass is 280 g/mol. The van der Waals surface area contributed by atoms with Gasteiger partial charge >= 0.3 is 0 Å². The number of hydrogen-bond donors (Lipinski definition) is 1. The van der Waals surface area contributed by atoms with Crippen molar-refractivity contribution in [1.29, 1.82) is 0 Å². The van der Waals surface area contributed by atoms with E-state index in [9.17, 15) is 9.90 Å². The first-order valence-corrected chi connectivity index (χ1v) is 6.87. The molecule has 0 saturated carbocycles. The van der Waals surface area contributed by atoms with Gasteiger partial charge in [0.05, 0.1) is 0 Å². The molecule has 3 heteroatoms. The third kappa shape index (κ3) is 2.55. The van der Waals surface area contributed by atoms with E-state index in [0.717, 1.165) is 21.5 Å². The van der Waals surface area contributed by atoms with E-state index in [1.807, 2.05) is 36.4 Å². The van der Waals surface area contributed by atoms with E-state index in [1.165, 1.54) is 6.92 Å². The van der Waals surface area contributed by atoms with Gasteiger partial charge in [0, 0.05) is 0 Å². The van der Waals surface area contributed by atoms with Crippen LogP contribution in [0.5, 0.6) is 11.5 Å². The van der Waals surface area contributed by atoms with Gasteiger partial charge in [0.2, 0.25) is 0 Å². The highest BCUT2D eigenvalue weighted by Crippen LogP contribution is 2.30. The maximum atomic E-state index is 11.3. The van der Waals surface area contributed by atoms with Crippen LogP contribution in [0.1, 0.15) is 13.8 Å². The van der Waals surface area contributed by atoms with Crippen molar-refractivity contribution in [2.75, 3.05) is 0 Å². The van der Waals surface area contributed by atoms with E-state index >= 15 is 0 Å². The molecular formula is C18H16O3. The molecule has 0 amide bonds. The van der Waals surface area contributed by atoms with Crippen LogP contribution in [0, 0.1) is 0 Å². The molecule has 3 aromatic rings. The summed E-state index contributed by atoms with van der Waals surface area (Å²) in [6.45, 7) is 3.27. The normalized spacial score (nSPS) is 12.5. The van der Waals surface area contributed by atoms with Crippen LogP contribution in [-0.4, -0.2) is 17.0 Å². The fourth-order valence-corrected chi connectivity index (χ4v) is 2.40. The molecule has 0 aliphatic heterocycles. The summed E-state index contributed by atoms with van der Waals surface area (Å²) in [7, 11) is 0. The smallest absolute Gasteiger partial charge is 0.169 e. The summed E-state index contributed by atoms with van der Waals surface area (Å²) in [5.74, 6) is 0.949. The van der Waals surface area contributed by atoms with Crippen molar-refractivity contribution in [3.63, 3.8) is 0 Å². The maximum Gasteiger partial charge on any atom is 0.169 e. The molecule has 0 aromatic heterocycles. The summed E-state index contributed by atoms with van der Waals surface area (Å²) in [5.41, 5.74) is 0. The van der Waals surface area contributed by atoms with E-state index in [4.69, 9.17) is 4.74 Å². The number of fused-ring (bicyclic) bond motifs is 3. The minimum absolute atomic E-state index is 0.00378. The SMILES string of the molecule is CC(=O)C(C)Oc1ccc2c(ccc3cc(O)ccc32)c1. The number of phenols is 1. The van der Waals surface area contributed by atoms with Crippen LogP contribution in [0.25, 0.3) is 21.5 Å². The molecule has 0 aliphatic rings. The number of Topliss-reactive ketones (excluding diaryl/α,β-unsaturated/α-hetero) is 1. The average molecular weight is 280 g/mol. The third-order valence-corrected chi connectivity index (χ3v) is 3.68. The number of carbonyl (C=O) groups excluding carboxylic acids is 1. The molecule has 0 aliphatic carbocycles. The predicted molar refractivity (Wildman–Crippen MR) is 83.9 cm³/mol. The van der Waals surface area contributed by atoms with Crippen LogP contribution in [0.2, 0.25) is 0 Å². The Morgan fingerprint density at radius 1 is 1.00 bits per heavy atom. The highest BCUT2D eigenvalue weighted by atomic mass is 16.5. The molecule has 0 heterocycles. The summed E-state index contributed by atoms with van der Waals surface area (Å²) >= 11 is 0. The van der Waals surface area contributed by atoms with Gasteiger partial charge < -0.3 is 9.84 Å². The molecule has 0 saturated heterocycles. The van der Waals surface area contributed by atoms with Gasteiger partial charge in [-0.15, -0.1) is 0 Å². The number of hydrogen-bond acceptors (Lipinski definition) is 3.